The lowest BCUT2D eigenvalue weighted by Gasteiger charge is -2.24. The van der Waals surface area contributed by atoms with Crippen molar-refractivity contribution >= 4 is 0 Å². The minimum atomic E-state index is 0.716. The third-order valence-corrected chi connectivity index (χ3v) is 1.94. The average Bonchev–Trinajstić information content (AvgIpc) is 1.88. The molecule has 1 saturated heterocycles. The molecule has 0 aliphatic carbocycles. The summed E-state index contributed by atoms with van der Waals surface area (Å²) >= 11 is 0. The second kappa shape index (κ2) is 3.02. The Hall–Kier alpha value is -0.300. The van der Waals surface area contributed by atoms with Crippen LogP contribution in [0.15, 0.2) is 12.7 Å². The van der Waals surface area contributed by atoms with Gasteiger partial charge >= 0.3 is 0 Å². The molecule has 1 heteroatoms. The summed E-state index contributed by atoms with van der Waals surface area (Å²) in [5.41, 5.74) is 0. The number of piperidine rings is 1. The number of nitrogens with one attached hydrogen (secondary N) is 1. The average molecular weight is 125 g/mol. The lowest BCUT2D eigenvalue weighted by molar-refractivity contribution is 0.346. The summed E-state index contributed by atoms with van der Waals surface area (Å²) in [5, 5.41) is 3.36. The molecule has 0 saturated carbocycles. The van der Waals surface area contributed by atoms with Gasteiger partial charge < -0.3 is 5.32 Å². The van der Waals surface area contributed by atoms with E-state index in [9.17, 15) is 0 Å². The van der Waals surface area contributed by atoms with Gasteiger partial charge in [-0.3, -0.25) is 0 Å². The van der Waals surface area contributed by atoms with Crippen molar-refractivity contribution < 1.29 is 0 Å². The highest BCUT2D eigenvalue weighted by Gasteiger charge is 2.14. The molecule has 1 aliphatic rings. The van der Waals surface area contributed by atoms with Gasteiger partial charge in [0.2, 0.25) is 0 Å². The molecule has 0 spiro atoms. The van der Waals surface area contributed by atoms with Crippen molar-refractivity contribution in [1.29, 1.82) is 0 Å². The van der Waals surface area contributed by atoms with E-state index >= 15 is 0 Å². The highest BCUT2D eigenvalue weighted by molar-refractivity contribution is 4.85. The summed E-state index contributed by atoms with van der Waals surface area (Å²) < 4.78 is 0. The smallest absolute Gasteiger partial charge is 0.00143 e. The Bertz CT molecular complexity index is 98.7. The minimum absolute atomic E-state index is 0.716. The normalized spacial score (nSPS) is 36.1. The van der Waals surface area contributed by atoms with E-state index in [1.165, 1.54) is 13.0 Å². The summed E-state index contributed by atoms with van der Waals surface area (Å²) in [6.07, 6.45) is 3.37. The highest BCUT2D eigenvalue weighted by atomic mass is 14.9. The zero-order chi connectivity index (χ0) is 6.69. The Morgan fingerprint density at radius 3 is 2.78 bits per heavy atom. The molecule has 1 rings (SSSR count). The fourth-order valence-corrected chi connectivity index (χ4v) is 1.38. The van der Waals surface area contributed by atoms with Crippen LogP contribution in [0.5, 0.6) is 0 Å². The molecule has 1 heterocycles. The van der Waals surface area contributed by atoms with Crippen LogP contribution in [0.2, 0.25) is 0 Å². The molecule has 0 bridgehead atoms. The first-order valence-corrected chi connectivity index (χ1v) is 3.66. The van der Waals surface area contributed by atoms with Crippen molar-refractivity contribution in [2.24, 2.45) is 11.8 Å². The predicted molar refractivity (Wildman–Crippen MR) is 40.3 cm³/mol. The van der Waals surface area contributed by atoms with Gasteiger partial charge in [-0.1, -0.05) is 13.0 Å². The van der Waals surface area contributed by atoms with Gasteiger partial charge in [0.1, 0.15) is 0 Å². The zero-order valence-electron chi connectivity index (χ0n) is 6.06. The van der Waals surface area contributed by atoms with E-state index < -0.39 is 0 Å². The van der Waals surface area contributed by atoms with E-state index in [4.69, 9.17) is 0 Å². The van der Waals surface area contributed by atoms with E-state index in [0.717, 1.165) is 12.5 Å². The topological polar surface area (TPSA) is 12.0 Å². The van der Waals surface area contributed by atoms with Crippen LogP contribution in [0, 0.1) is 11.8 Å². The van der Waals surface area contributed by atoms with Crippen LogP contribution in [0.3, 0.4) is 0 Å². The monoisotopic (exact) mass is 125 g/mol. The number of rotatable bonds is 1. The van der Waals surface area contributed by atoms with Gasteiger partial charge in [-0.05, 0) is 24.8 Å². The Morgan fingerprint density at radius 2 is 2.33 bits per heavy atom. The van der Waals surface area contributed by atoms with Crippen molar-refractivity contribution in [2.75, 3.05) is 13.1 Å². The minimum Gasteiger partial charge on any atom is -0.316 e. The summed E-state index contributed by atoms with van der Waals surface area (Å²) in [6, 6.07) is 0. The fraction of sp³-hybridized carbons (Fsp3) is 0.750. The summed E-state index contributed by atoms with van der Waals surface area (Å²) in [4.78, 5) is 0. The van der Waals surface area contributed by atoms with Crippen LogP contribution < -0.4 is 5.32 Å². The Balaban J connectivity index is 2.31. The van der Waals surface area contributed by atoms with Crippen LogP contribution in [0.4, 0.5) is 0 Å². The lowest BCUT2D eigenvalue weighted by atomic mass is 9.92. The van der Waals surface area contributed by atoms with E-state index in [1.807, 2.05) is 0 Å². The van der Waals surface area contributed by atoms with Crippen LogP contribution in [0.25, 0.3) is 0 Å². The molecule has 0 aromatic rings. The Morgan fingerprint density at radius 1 is 1.56 bits per heavy atom. The summed E-state index contributed by atoms with van der Waals surface area (Å²) in [7, 11) is 0. The fourth-order valence-electron chi connectivity index (χ4n) is 1.38. The SMILES string of the molecule is C=C[C@@H]1CNC[C@H](C)C1. The zero-order valence-corrected chi connectivity index (χ0v) is 6.06. The second-order valence-electron chi connectivity index (χ2n) is 2.99. The van der Waals surface area contributed by atoms with Crippen molar-refractivity contribution in [1.82, 2.24) is 5.32 Å². The van der Waals surface area contributed by atoms with Gasteiger partial charge in [0.05, 0.1) is 0 Å². The quantitative estimate of drug-likeness (QED) is 0.523. The molecule has 1 aliphatic heterocycles. The molecule has 1 N–H and O–H groups in total. The first-order valence-electron chi connectivity index (χ1n) is 3.66. The van der Waals surface area contributed by atoms with Gasteiger partial charge in [0.15, 0.2) is 0 Å². The van der Waals surface area contributed by atoms with Gasteiger partial charge in [0.25, 0.3) is 0 Å². The second-order valence-corrected chi connectivity index (χ2v) is 2.99. The lowest BCUT2D eigenvalue weighted by Crippen LogP contribution is -2.33. The molecule has 2 atom stereocenters. The van der Waals surface area contributed by atoms with E-state index in [2.05, 4.69) is 24.9 Å². The summed E-state index contributed by atoms with van der Waals surface area (Å²) in [6.45, 7) is 8.38. The Kier molecular flexibility index (Phi) is 2.29. The first kappa shape index (κ1) is 6.81. The number of hydrogen-bond acceptors (Lipinski definition) is 1. The third kappa shape index (κ3) is 1.83. The van der Waals surface area contributed by atoms with E-state index in [0.29, 0.717) is 5.92 Å². The van der Waals surface area contributed by atoms with Gasteiger partial charge in [-0.15, -0.1) is 6.58 Å². The maximum atomic E-state index is 3.78. The Labute approximate surface area is 57.1 Å². The van der Waals surface area contributed by atoms with Crippen LogP contribution in [0.1, 0.15) is 13.3 Å². The maximum Gasteiger partial charge on any atom is 0.00143 e. The molecule has 0 aromatic heterocycles. The first-order chi connectivity index (χ1) is 4.33. The van der Waals surface area contributed by atoms with Gasteiger partial charge in [-0.25, -0.2) is 0 Å². The van der Waals surface area contributed by atoms with E-state index in [-0.39, 0.29) is 0 Å². The van der Waals surface area contributed by atoms with Crippen LogP contribution >= 0.6 is 0 Å². The molecule has 52 valence electrons. The van der Waals surface area contributed by atoms with Crippen molar-refractivity contribution in [3.8, 4) is 0 Å². The molecule has 1 nitrogen and oxygen atoms in total. The molecule has 9 heavy (non-hydrogen) atoms. The molecule has 1 fully saturated rings. The highest BCUT2D eigenvalue weighted by Crippen LogP contribution is 2.15. The molecular formula is C8H15N. The van der Waals surface area contributed by atoms with Crippen molar-refractivity contribution in [2.45, 2.75) is 13.3 Å². The third-order valence-electron chi connectivity index (χ3n) is 1.94. The summed E-state index contributed by atoms with van der Waals surface area (Å²) in [5.74, 6) is 1.55. The van der Waals surface area contributed by atoms with Crippen molar-refractivity contribution in [3.63, 3.8) is 0 Å². The maximum absolute atomic E-state index is 3.78. The van der Waals surface area contributed by atoms with Gasteiger partial charge in [-0.2, -0.15) is 0 Å². The largest absolute Gasteiger partial charge is 0.316 e. The number of hydrogen-bond donors (Lipinski definition) is 1. The molecule has 0 amide bonds. The van der Waals surface area contributed by atoms with Gasteiger partial charge in [0, 0.05) is 6.54 Å². The van der Waals surface area contributed by atoms with Crippen LogP contribution in [-0.4, -0.2) is 13.1 Å². The predicted octanol–water partition coefficient (Wildman–Crippen LogP) is 1.42. The molecule has 0 aromatic carbocycles. The molecule has 0 unspecified atom stereocenters. The molecular weight excluding hydrogens is 110 g/mol. The van der Waals surface area contributed by atoms with E-state index in [1.54, 1.807) is 0 Å². The standard InChI is InChI=1S/C8H15N/c1-3-8-4-7(2)5-9-6-8/h3,7-9H,1,4-6H2,2H3/t7-,8+/m1/s1. The van der Waals surface area contributed by atoms with Crippen molar-refractivity contribution in [3.05, 3.63) is 12.7 Å². The molecule has 0 radical (unpaired) electrons. The van der Waals surface area contributed by atoms with Crippen LogP contribution in [-0.2, 0) is 0 Å².